The third kappa shape index (κ3) is 5.44. The molecule has 1 amide bonds. The van der Waals surface area contributed by atoms with Gasteiger partial charge in [0.1, 0.15) is 11.6 Å². The highest BCUT2D eigenvalue weighted by Gasteiger charge is 2.27. The lowest BCUT2D eigenvalue weighted by Crippen LogP contribution is -2.45. The van der Waals surface area contributed by atoms with Gasteiger partial charge >= 0.3 is 0 Å². The maximum absolute atomic E-state index is 13.8. The summed E-state index contributed by atoms with van der Waals surface area (Å²) in [5.74, 6) is 0.181. The van der Waals surface area contributed by atoms with E-state index in [1.165, 1.54) is 6.07 Å². The fraction of sp³-hybridized carbons (Fsp3) is 0.300. The molecule has 3 rings (SSSR count). The van der Waals surface area contributed by atoms with Crippen LogP contribution in [0.15, 0.2) is 42.5 Å². The predicted octanol–water partition coefficient (Wildman–Crippen LogP) is 4.45. The van der Waals surface area contributed by atoms with Crippen LogP contribution in [0.4, 0.5) is 10.1 Å². The number of imidazole rings is 1. The SMILES string of the molecule is CC(C)(C)[C@H](N)C(=O)Nc1ccc2nc(Cc3ccccc3F)[nH]c2c1.Cl.Cl. The number of amides is 1. The van der Waals surface area contributed by atoms with Crippen molar-refractivity contribution >= 4 is 47.4 Å². The van der Waals surface area contributed by atoms with Crippen LogP contribution in [0.1, 0.15) is 32.2 Å². The summed E-state index contributed by atoms with van der Waals surface area (Å²) in [6, 6.07) is 11.4. The molecule has 0 radical (unpaired) electrons. The molecule has 1 aromatic heterocycles. The Kier molecular flexibility index (Phi) is 7.99. The molecule has 0 saturated heterocycles. The van der Waals surface area contributed by atoms with Crippen LogP contribution in [0.3, 0.4) is 0 Å². The highest BCUT2D eigenvalue weighted by Crippen LogP contribution is 2.22. The number of anilines is 1. The van der Waals surface area contributed by atoms with Crippen LogP contribution in [0.2, 0.25) is 0 Å². The fourth-order valence-corrected chi connectivity index (χ4v) is 2.66. The van der Waals surface area contributed by atoms with Crippen LogP contribution in [0, 0.1) is 11.2 Å². The van der Waals surface area contributed by atoms with Gasteiger partial charge in [-0.3, -0.25) is 4.79 Å². The number of carbonyl (C=O) groups is 1. The van der Waals surface area contributed by atoms with Crippen molar-refractivity contribution in [1.29, 1.82) is 0 Å². The molecule has 1 heterocycles. The summed E-state index contributed by atoms with van der Waals surface area (Å²) in [5.41, 5.74) is 8.42. The van der Waals surface area contributed by atoms with Gasteiger partial charge in [-0.25, -0.2) is 9.37 Å². The van der Waals surface area contributed by atoms with Crippen molar-refractivity contribution in [2.24, 2.45) is 11.1 Å². The van der Waals surface area contributed by atoms with E-state index in [-0.39, 0.29) is 42.0 Å². The first-order valence-corrected chi connectivity index (χ1v) is 8.52. The lowest BCUT2D eigenvalue weighted by Gasteiger charge is -2.25. The molecule has 8 heteroatoms. The number of fused-ring (bicyclic) bond motifs is 1. The zero-order valence-corrected chi connectivity index (χ0v) is 17.6. The summed E-state index contributed by atoms with van der Waals surface area (Å²) < 4.78 is 13.8. The molecule has 28 heavy (non-hydrogen) atoms. The van der Waals surface area contributed by atoms with E-state index in [0.717, 1.165) is 11.0 Å². The number of carbonyl (C=O) groups excluding carboxylic acids is 1. The Morgan fingerprint density at radius 1 is 1.21 bits per heavy atom. The second-order valence-corrected chi connectivity index (χ2v) is 7.52. The van der Waals surface area contributed by atoms with Gasteiger partial charge < -0.3 is 16.0 Å². The number of H-pyrrole nitrogens is 1. The van der Waals surface area contributed by atoms with Crippen molar-refractivity contribution in [2.75, 3.05) is 5.32 Å². The molecule has 0 unspecified atom stereocenters. The van der Waals surface area contributed by atoms with E-state index in [9.17, 15) is 9.18 Å². The van der Waals surface area contributed by atoms with Gasteiger partial charge in [0.15, 0.2) is 0 Å². The fourth-order valence-electron chi connectivity index (χ4n) is 2.66. The first-order chi connectivity index (χ1) is 12.2. The third-order valence-corrected chi connectivity index (χ3v) is 4.33. The number of hydrogen-bond donors (Lipinski definition) is 3. The van der Waals surface area contributed by atoms with E-state index in [1.54, 1.807) is 30.3 Å². The van der Waals surface area contributed by atoms with Gasteiger partial charge in [0, 0.05) is 12.1 Å². The molecule has 0 spiro atoms. The zero-order valence-electron chi connectivity index (χ0n) is 16.0. The van der Waals surface area contributed by atoms with Crippen molar-refractivity contribution in [3.8, 4) is 0 Å². The van der Waals surface area contributed by atoms with Gasteiger partial charge in [-0.05, 0) is 35.2 Å². The maximum Gasteiger partial charge on any atom is 0.241 e. The number of benzene rings is 2. The van der Waals surface area contributed by atoms with E-state index in [2.05, 4.69) is 15.3 Å². The Hall–Kier alpha value is -2.15. The van der Waals surface area contributed by atoms with Crippen LogP contribution in [-0.2, 0) is 11.2 Å². The number of hydrogen-bond acceptors (Lipinski definition) is 3. The number of rotatable bonds is 4. The van der Waals surface area contributed by atoms with Crippen LogP contribution in [0.5, 0.6) is 0 Å². The molecular formula is C20H25Cl2FN4O. The lowest BCUT2D eigenvalue weighted by molar-refractivity contribution is -0.119. The highest BCUT2D eigenvalue weighted by molar-refractivity contribution is 5.96. The maximum atomic E-state index is 13.8. The Balaban J connectivity index is 0.00000196. The Morgan fingerprint density at radius 2 is 1.89 bits per heavy atom. The van der Waals surface area contributed by atoms with Gasteiger partial charge in [-0.1, -0.05) is 39.0 Å². The number of nitrogens with one attached hydrogen (secondary N) is 2. The molecule has 3 aromatic rings. The van der Waals surface area contributed by atoms with Crippen LogP contribution >= 0.6 is 24.8 Å². The van der Waals surface area contributed by atoms with Crippen LogP contribution < -0.4 is 11.1 Å². The molecule has 0 saturated carbocycles. The smallest absolute Gasteiger partial charge is 0.241 e. The van der Waals surface area contributed by atoms with E-state index in [4.69, 9.17) is 5.73 Å². The van der Waals surface area contributed by atoms with Crippen molar-refractivity contribution in [2.45, 2.75) is 33.2 Å². The van der Waals surface area contributed by atoms with E-state index < -0.39 is 6.04 Å². The summed E-state index contributed by atoms with van der Waals surface area (Å²) in [7, 11) is 0. The highest BCUT2D eigenvalue weighted by atomic mass is 35.5. The van der Waals surface area contributed by atoms with Gasteiger partial charge in [-0.2, -0.15) is 0 Å². The van der Waals surface area contributed by atoms with Gasteiger partial charge in [0.05, 0.1) is 17.1 Å². The molecule has 152 valence electrons. The van der Waals surface area contributed by atoms with Crippen LogP contribution in [-0.4, -0.2) is 21.9 Å². The topological polar surface area (TPSA) is 83.8 Å². The molecule has 0 aliphatic rings. The minimum absolute atomic E-state index is 0. The monoisotopic (exact) mass is 426 g/mol. The molecule has 0 fully saturated rings. The van der Waals surface area contributed by atoms with Crippen molar-refractivity contribution in [1.82, 2.24) is 9.97 Å². The summed E-state index contributed by atoms with van der Waals surface area (Å²) in [5, 5.41) is 2.84. The minimum atomic E-state index is -0.614. The van der Waals surface area contributed by atoms with Crippen molar-refractivity contribution in [3.05, 3.63) is 59.7 Å². The van der Waals surface area contributed by atoms with Crippen molar-refractivity contribution in [3.63, 3.8) is 0 Å². The molecule has 5 nitrogen and oxygen atoms in total. The molecule has 0 aliphatic carbocycles. The first kappa shape index (κ1) is 23.9. The normalized spacial score (nSPS) is 12.0. The first-order valence-electron chi connectivity index (χ1n) is 8.52. The van der Waals surface area contributed by atoms with Gasteiger partial charge in [0.2, 0.25) is 5.91 Å². The Morgan fingerprint density at radius 3 is 2.54 bits per heavy atom. The average Bonchev–Trinajstić information content (AvgIpc) is 2.97. The largest absolute Gasteiger partial charge is 0.342 e. The molecule has 0 aliphatic heterocycles. The molecular weight excluding hydrogens is 402 g/mol. The van der Waals surface area contributed by atoms with Crippen molar-refractivity contribution < 1.29 is 9.18 Å². The quantitative estimate of drug-likeness (QED) is 0.575. The Bertz CT molecular complexity index is 953. The van der Waals surface area contributed by atoms with Gasteiger partial charge in [-0.15, -0.1) is 24.8 Å². The second kappa shape index (κ2) is 9.37. The zero-order chi connectivity index (χ0) is 18.9. The average molecular weight is 427 g/mol. The summed E-state index contributed by atoms with van der Waals surface area (Å²) >= 11 is 0. The van der Waals surface area contributed by atoms with E-state index in [0.29, 0.717) is 23.5 Å². The third-order valence-electron chi connectivity index (χ3n) is 4.33. The molecule has 2 aromatic carbocycles. The lowest BCUT2D eigenvalue weighted by atomic mass is 9.87. The minimum Gasteiger partial charge on any atom is -0.342 e. The number of halogens is 3. The Labute approximate surface area is 176 Å². The van der Waals surface area contributed by atoms with E-state index in [1.807, 2.05) is 26.8 Å². The molecule has 4 N–H and O–H groups in total. The summed E-state index contributed by atoms with van der Waals surface area (Å²) in [6.45, 7) is 5.76. The summed E-state index contributed by atoms with van der Waals surface area (Å²) in [4.78, 5) is 19.9. The molecule has 1 atom stereocenters. The standard InChI is InChI=1S/C20H23FN4O.2ClH/c1-20(2,3)18(22)19(26)23-13-8-9-15-16(11-13)25-17(24-15)10-12-6-4-5-7-14(12)21;;/h4-9,11,18H,10,22H2,1-3H3,(H,23,26)(H,24,25);2*1H/t18-;;/m1../s1. The predicted molar refractivity (Wildman–Crippen MR) is 116 cm³/mol. The summed E-state index contributed by atoms with van der Waals surface area (Å²) in [6.07, 6.45) is 0.373. The molecule has 0 bridgehead atoms. The number of nitrogens with zero attached hydrogens (tertiary/aromatic N) is 1. The number of nitrogens with two attached hydrogens (primary N) is 1. The number of aromatic nitrogens is 2. The number of aromatic amines is 1. The van der Waals surface area contributed by atoms with Gasteiger partial charge in [0.25, 0.3) is 0 Å². The van der Waals surface area contributed by atoms with E-state index >= 15 is 0 Å². The second-order valence-electron chi connectivity index (χ2n) is 7.52. The van der Waals surface area contributed by atoms with Crippen LogP contribution in [0.25, 0.3) is 11.0 Å².